The molecule has 43 heteroatoms. The van der Waals surface area contributed by atoms with Gasteiger partial charge < -0.3 is 122 Å². The molecule has 25 N–H and O–H groups in total. The van der Waals surface area contributed by atoms with Crippen LogP contribution in [0.15, 0.2) is 54.7 Å². The Hall–Kier alpha value is -12.7. The molecule has 0 spiro atoms. The molecule has 2 heterocycles. The maximum Gasteiger partial charge on any atom is 0.329 e. The van der Waals surface area contributed by atoms with Gasteiger partial charge in [0.25, 0.3) is 0 Å². The Morgan fingerprint density at radius 3 is 1.69 bits per heavy atom. The van der Waals surface area contributed by atoms with E-state index in [2.05, 4.69) is 72.0 Å². The SMILES string of the molecule is CCC(C)CCCCCCCCC(=O)N[C@@H](Cc1c[nH]c2ccccc12)C(=O)N[C@@H](CC(N)=O)C(=O)N[C@@H](CC(=O)O)C(=O)N[C@@H]1C(=O)NCC(=O)N[C@@H](CCCN)C(=O)N[C@@H](CC(=O)O)C(=O)N[C@H](C)C(=O)N[C@@H](CC(=O)O)C(=O)NCC(=O)N[C@H](CO)C(=O)N[C@@H]([C@H](C)CC(=O)O)C(=O)N[C@@H](CC(=O)c2ccccc2N)C(=O)O[C@@H]1C. The van der Waals surface area contributed by atoms with E-state index in [0.29, 0.717) is 35.2 Å². The second-order valence-corrected chi connectivity index (χ2v) is 28.6. The molecule has 1 unspecified atom stereocenters. The average molecular weight is 1660 g/mol. The van der Waals surface area contributed by atoms with Crippen molar-refractivity contribution in [1.29, 1.82) is 0 Å². The average Bonchev–Trinajstić information content (AvgIpc) is 1.69. The smallest absolute Gasteiger partial charge is 0.329 e. The van der Waals surface area contributed by atoms with Gasteiger partial charge in [-0.1, -0.05) is 96.0 Å². The number of Topliss-reactive ketones (excluding diaryl/α,β-unsaturated/α-hetero) is 1. The van der Waals surface area contributed by atoms with Gasteiger partial charge in [0.2, 0.25) is 82.7 Å². The lowest BCUT2D eigenvalue weighted by Crippen LogP contribution is -2.62. The van der Waals surface area contributed by atoms with E-state index in [-0.39, 0.29) is 37.1 Å². The van der Waals surface area contributed by atoms with E-state index in [0.717, 1.165) is 59.3 Å². The number of benzene rings is 2. The van der Waals surface area contributed by atoms with Crippen LogP contribution in [0.1, 0.15) is 160 Å². The Morgan fingerprint density at radius 2 is 1.09 bits per heavy atom. The van der Waals surface area contributed by atoms with E-state index in [1.165, 1.54) is 24.3 Å². The molecule has 4 rings (SSSR count). The number of nitrogen functional groups attached to an aromatic ring is 1. The van der Waals surface area contributed by atoms with Gasteiger partial charge >= 0.3 is 29.8 Å². The number of carbonyl (C=O) groups excluding carboxylic acids is 16. The van der Waals surface area contributed by atoms with Gasteiger partial charge in [-0.15, -0.1) is 0 Å². The van der Waals surface area contributed by atoms with E-state index in [9.17, 15) is 121 Å². The Kier molecular flexibility index (Phi) is 40.8. The molecule has 0 saturated carbocycles. The number of nitrogens with one attached hydrogen (secondary N) is 14. The normalized spacial score (nSPS) is 21.2. The van der Waals surface area contributed by atoms with Gasteiger partial charge in [0.15, 0.2) is 5.78 Å². The zero-order valence-corrected chi connectivity index (χ0v) is 65.9. The number of amides is 14. The molecule has 0 radical (unpaired) electrons. The van der Waals surface area contributed by atoms with Crippen molar-refractivity contribution < 1.29 is 126 Å². The van der Waals surface area contributed by atoms with Crippen molar-refractivity contribution in [3.8, 4) is 0 Å². The highest BCUT2D eigenvalue weighted by atomic mass is 16.5. The summed E-state index contributed by atoms with van der Waals surface area (Å²) in [6.07, 6.45) is -1.15. The number of carboxylic acid groups (broad SMARTS) is 4. The number of ether oxygens (including phenoxy) is 1. The van der Waals surface area contributed by atoms with Gasteiger partial charge in [-0.2, -0.15) is 0 Å². The number of H-pyrrole nitrogens is 1. The summed E-state index contributed by atoms with van der Waals surface area (Å²) < 4.78 is 5.69. The second kappa shape index (κ2) is 49.3. The maximum atomic E-state index is 14.9. The van der Waals surface area contributed by atoms with E-state index in [4.69, 9.17) is 21.9 Å². The summed E-state index contributed by atoms with van der Waals surface area (Å²) in [6.45, 7) is 3.37. The van der Waals surface area contributed by atoms with Crippen molar-refractivity contribution in [2.75, 3.05) is 32.0 Å². The van der Waals surface area contributed by atoms with E-state index >= 15 is 0 Å². The number of esters is 1. The Morgan fingerprint density at radius 1 is 0.551 bits per heavy atom. The number of cyclic esters (lactones) is 1. The van der Waals surface area contributed by atoms with Gasteiger partial charge in [0.1, 0.15) is 72.6 Å². The number of hydrogen-bond donors (Lipinski definition) is 22. The van der Waals surface area contributed by atoms with Gasteiger partial charge in [-0.25, -0.2) is 4.79 Å². The van der Waals surface area contributed by atoms with Crippen molar-refractivity contribution in [3.05, 3.63) is 65.9 Å². The van der Waals surface area contributed by atoms with Crippen molar-refractivity contribution in [2.45, 2.75) is 223 Å². The molecule has 648 valence electrons. The fraction of sp³-hybridized carbons (Fsp3) is 0.547. The first-order valence-electron chi connectivity index (χ1n) is 38.2. The number of carbonyl (C=O) groups is 20. The summed E-state index contributed by atoms with van der Waals surface area (Å²) in [4.78, 5) is 277. The summed E-state index contributed by atoms with van der Waals surface area (Å²) >= 11 is 0. The summed E-state index contributed by atoms with van der Waals surface area (Å²) in [5, 5.41) is 78.8. The number of primary amides is 1. The predicted molar refractivity (Wildman–Crippen MR) is 414 cm³/mol. The van der Waals surface area contributed by atoms with E-state index < -0.39 is 261 Å². The standard InChI is InChI=1S/C75H107N17O26/c1-6-37(2)18-11-9-7-8-10-12-24-56(96)84-47(27-41-33-79-45-22-16-14-19-42(41)45)69(111)87-48(29-55(78)95)70(112)89-51(32-62(105)106)71(113)92-64-40(5)118-75(117)52(28-54(94)43-20-13-15-21-44(43)77)90-74(116)63(38(3)26-59(99)100)91-72(114)53(36-93)85-58(98)34-80-66(108)49(30-60(101)102)86-65(107)39(4)82-68(110)50(31-61(103)104)88-67(109)46(23-17-25-76)83-57(97)35-81-73(64)115/h13-16,19-22,33,37-40,46-53,63-64,79,93H,6-12,17-18,23-32,34-36,76-77H2,1-5H3,(H2,78,95)(H,80,108)(H,81,115)(H,82,110)(H,83,97)(H,84,96)(H,85,98)(H,86,107)(H,87,111)(H,88,109)(H,89,112)(H,90,116)(H,91,114)(H,92,113)(H,99,100)(H,101,102)(H,103,104)(H,105,106)/t37?,38-,39-,40-,46+,47+,48+,49+,50+,51+,52+,53-,63+,64+/m1/s1. The minimum absolute atomic E-state index is 0.0195. The lowest BCUT2D eigenvalue weighted by Gasteiger charge is -2.30. The van der Waals surface area contributed by atoms with Crippen molar-refractivity contribution >= 4 is 135 Å². The number of aliphatic carboxylic acids is 4. The Bertz CT molecular complexity index is 4120. The minimum Gasteiger partial charge on any atom is -0.481 e. The third-order valence-corrected chi connectivity index (χ3v) is 18.9. The number of para-hydroxylation sites is 2. The molecule has 1 aromatic heterocycles. The number of aliphatic hydroxyl groups is 1. The summed E-state index contributed by atoms with van der Waals surface area (Å²) in [5.74, 6) is -29.1. The molecule has 118 heavy (non-hydrogen) atoms. The molecule has 43 nitrogen and oxygen atoms in total. The van der Waals surface area contributed by atoms with Crippen molar-refractivity contribution in [3.63, 3.8) is 0 Å². The second-order valence-electron chi connectivity index (χ2n) is 28.6. The largest absolute Gasteiger partial charge is 0.481 e. The van der Waals surface area contributed by atoms with Crippen LogP contribution in [0.25, 0.3) is 10.9 Å². The number of rotatable bonds is 37. The van der Waals surface area contributed by atoms with Gasteiger partial charge in [-0.05, 0) is 75.3 Å². The van der Waals surface area contributed by atoms with E-state index in [1.807, 2.05) is 16.0 Å². The first-order chi connectivity index (χ1) is 55.7. The van der Waals surface area contributed by atoms with Gasteiger partial charge in [0, 0.05) is 47.6 Å². The first kappa shape index (κ1) is 97.7. The maximum absolute atomic E-state index is 14.9. The summed E-state index contributed by atoms with van der Waals surface area (Å²) in [6, 6.07) is -10.5. The lowest BCUT2D eigenvalue weighted by molar-refractivity contribution is -0.156. The number of carboxylic acids is 4. The molecule has 1 fully saturated rings. The van der Waals surface area contributed by atoms with Crippen LogP contribution >= 0.6 is 0 Å². The van der Waals surface area contributed by atoms with Crippen LogP contribution in [0.5, 0.6) is 0 Å². The summed E-state index contributed by atoms with van der Waals surface area (Å²) in [5.41, 5.74) is 18.1. The summed E-state index contributed by atoms with van der Waals surface area (Å²) in [7, 11) is 0. The fourth-order valence-electron chi connectivity index (χ4n) is 12.2. The number of ketones is 1. The number of unbranched alkanes of at least 4 members (excludes halogenated alkanes) is 5. The van der Waals surface area contributed by atoms with Crippen LogP contribution in [-0.4, -0.2) is 248 Å². The van der Waals surface area contributed by atoms with Gasteiger partial charge in [0.05, 0.1) is 51.8 Å². The lowest BCUT2D eigenvalue weighted by atomic mass is 9.96. The molecule has 1 saturated heterocycles. The van der Waals surface area contributed by atoms with Crippen LogP contribution in [0, 0.1) is 11.8 Å². The zero-order chi connectivity index (χ0) is 88.0. The molecule has 0 aliphatic carbocycles. The van der Waals surface area contributed by atoms with Crippen LogP contribution < -0.4 is 86.3 Å². The topological polar surface area (TPSA) is 702 Å². The highest BCUT2D eigenvalue weighted by Crippen LogP contribution is 2.22. The third-order valence-electron chi connectivity index (χ3n) is 18.9. The molecule has 1 aliphatic rings. The third kappa shape index (κ3) is 33.6. The number of aromatic amines is 1. The predicted octanol–water partition coefficient (Wildman–Crippen LogP) is -4.60. The minimum atomic E-state index is -2.45. The highest BCUT2D eigenvalue weighted by Gasteiger charge is 2.41. The van der Waals surface area contributed by atoms with Gasteiger partial charge in [-0.3, -0.25) is 91.1 Å². The van der Waals surface area contributed by atoms with Crippen LogP contribution in [0.4, 0.5) is 5.69 Å². The molecule has 2 aromatic carbocycles. The van der Waals surface area contributed by atoms with Crippen molar-refractivity contribution in [2.24, 2.45) is 23.3 Å². The number of aliphatic hydroxyl groups excluding tert-OH is 1. The molecule has 3 aromatic rings. The molecule has 14 amide bonds. The molecule has 1 aliphatic heterocycles. The van der Waals surface area contributed by atoms with E-state index in [1.54, 1.807) is 30.5 Å². The van der Waals surface area contributed by atoms with Crippen LogP contribution in [0.3, 0.4) is 0 Å². The number of anilines is 1. The Balaban J connectivity index is 1.86. The first-order valence-corrected chi connectivity index (χ1v) is 38.2. The molecular formula is C75H107N17O26. The fourth-order valence-corrected chi connectivity index (χ4v) is 12.2. The zero-order valence-electron chi connectivity index (χ0n) is 65.9. The number of nitrogens with two attached hydrogens (primary N) is 3. The molecular weight excluding hydrogens is 1550 g/mol. The van der Waals surface area contributed by atoms with Crippen LogP contribution in [0.2, 0.25) is 0 Å². The number of hydrogen-bond acceptors (Lipinski definition) is 24. The highest BCUT2D eigenvalue weighted by molar-refractivity contribution is 6.05. The monoisotopic (exact) mass is 1660 g/mol. The number of fused-ring (bicyclic) bond motifs is 1. The quantitative estimate of drug-likeness (QED) is 0.0112. The van der Waals surface area contributed by atoms with Crippen LogP contribution in [-0.2, 0) is 102 Å². The Labute approximate surface area is 676 Å². The molecule has 0 bridgehead atoms. The molecule has 14 atom stereocenters. The number of aromatic nitrogens is 1. The van der Waals surface area contributed by atoms with Crippen molar-refractivity contribution in [1.82, 2.24) is 74.1 Å².